The van der Waals surface area contributed by atoms with Crippen molar-refractivity contribution < 1.29 is 0 Å². The lowest BCUT2D eigenvalue weighted by molar-refractivity contribution is 0.689. The van der Waals surface area contributed by atoms with Crippen molar-refractivity contribution in [1.82, 2.24) is 5.32 Å². The largest absolute Gasteiger partial charge is 0.309 e. The van der Waals surface area contributed by atoms with Crippen LogP contribution in [-0.2, 0) is 19.5 Å². The van der Waals surface area contributed by atoms with Crippen LogP contribution in [0.25, 0.3) is 0 Å². The normalized spacial score (nSPS) is 10.1. The summed E-state index contributed by atoms with van der Waals surface area (Å²) in [5, 5.41) is 12.2. The van der Waals surface area contributed by atoms with E-state index in [9.17, 15) is 0 Å². The van der Waals surface area contributed by atoms with Gasteiger partial charge in [-0.2, -0.15) is 5.26 Å². The first-order valence-electron chi connectivity index (χ1n) is 6.18. The lowest BCUT2D eigenvalue weighted by atomic mass is 10.1. The first kappa shape index (κ1) is 13.8. The summed E-state index contributed by atoms with van der Waals surface area (Å²) in [4.78, 5) is 0. The smallest absolute Gasteiger partial charge is 0.0669 e. The van der Waals surface area contributed by atoms with Crippen LogP contribution in [0.1, 0.15) is 16.7 Å². The van der Waals surface area contributed by atoms with Crippen LogP contribution < -0.4 is 5.32 Å². The lowest BCUT2D eigenvalue weighted by Gasteiger charge is -2.09. The molecule has 0 bridgehead atoms. The Hall–Kier alpha value is -1.63. The minimum atomic E-state index is 0.467. The average Bonchev–Trinajstić information content (AvgIpc) is 2.41. The standard InChI is InChI=1S/C16H15BrN2/c17-16-7-3-4-13(10-16)11-19-12-15-6-2-1-5-14(15)8-9-18/h1-7,10,19H,8,11-12H2. The zero-order chi connectivity index (χ0) is 13.5. The van der Waals surface area contributed by atoms with Crippen molar-refractivity contribution in [3.8, 4) is 6.07 Å². The van der Waals surface area contributed by atoms with E-state index < -0.39 is 0 Å². The van der Waals surface area contributed by atoms with Crippen molar-refractivity contribution in [3.63, 3.8) is 0 Å². The van der Waals surface area contributed by atoms with Crippen LogP contribution in [0.2, 0.25) is 0 Å². The van der Waals surface area contributed by atoms with E-state index in [1.54, 1.807) is 0 Å². The second-order valence-electron chi connectivity index (χ2n) is 4.34. The highest BCUT2D eigenvalue weighted by molar-refractivity contribution is 9.10. The molecule has 0 fully saturated rings. The number of benzene rings is 2. The van der Waals surface area contributed by atoms with Gasteiger partial charge in [-0.1, -0.05) is 52.3 Å². The van der Waals surface area contributed by atoms with Crippen LogP contribution in [0.5, 0.6) is 0 Å². The number of nitriles is 1. The molecule has 0 radical (unpaired) electrons. The number of rotatable bonds is 5. The Kier molecular flexibility index (Phi) is 5.14. The van der Waals surface area contributed by atoms with Crippen LogP contribution in [0.3, 0.4) is 0 Å². The third kappa shape index (κ3) is 4.20. The molecule has 0 spiro atoms. The molecule has 19 heavy (non-hydrogen) atoms. The summed E-state index contributed by atoms with van der Waals surface area (Å²) in [5.41, 5.74) is 3.54. The fourth-order valence-corrected chi connectivity index (χ4v) is 2.42. The number of hydrogen-bond donors (Lipinski definition) is 1. The van der Waals surface area contributed by atoms with Crippen LogP contribution >= 0.6 is 15.9 Å². The molecule has 0 aromatic heterocycles. The van der Waals surface area contributed by atoms with E-state index in [4.69, 9.17) is 5.26 Å². The maximum absolute atomic E-state index is 8.80. The van der Waals surface area contributed by atoms with Crippen LogP contribution in [0.4, 0.5) is 0 Å². The molecule has 2 aromatic carbocycles. The van der Waals surface area contributed by atoms with Gasteiger partial charge in [-0.05, 0) is 28.8 Å². The van der Waals surface area contributed by atoms with Gasteiger partial charge in [0, 0.05) is 17.6 Å². The summed E-state index contributed by atoms with van der Waals surface area (Å²) in [6, 6.07) is 18.5. The van der Waals surface area contributed by atoms with E-state index in [0.717, 1.165) is 23.1 Å². The molecule has 0 saturated carbocycles. The van der Waals surface area contributed by atoms with Crippen molar-refractivity contribution in [1.29, 1.82) is 5.26 Å². The fraction of sp³-hybridized carbons (Fsp3) is 0.188. The van der Waals surface area contributed by atoms with Gasteiger partial charge in [-0.3, -0.25) is 0 Å². The Morgan fingerprint density at radius 1 is 1.00 bits per heavy atom. The van der Waals surface area contributed by atoms with E-state index in [1.165, 1.54) is 11.1 Å². The average molecular weight is 315 g/mol. The molecule has 0 atom stereocenters. The Labute approximate surface area is 122 Å². The summed E-state index contributed by atoms with van der Waals surface area (Å²) in [6.07, 6.45) is 0.467. The quantitative estimate of drug-likeness (QED) is 0.911. The van der Waals surface area contributed by atoms with Gasteiger partial charge in [0.25, 0.3) is 0 Å². The van der Waals surface area contributed by atoms with E-state index in [1.807, 2.05) is 30.3 Å². The highest BCUT2D eigenvalue weighted by Gasteiger charge is 2.01. The summed E-state index contributed by atoms with van der Waals surface area (Å²) >= 11 is 3.47. The Morgan fingerprint density at radius 3 is 2.53 bits per heavy atom. The fourth-order valence-electron chi connectivity index (χ4n) is 1.98. The summed E-state index contributed by atoms with van der Waals surface area (Å²) in [6.45, 7) is 1.60. The summed E-state index contributed by atoms with van der Waals surface area (Å²) < 4.78 is 1.09. The van der Waals surface area contributed by atoms with E-state index in [-0.39, 0.29) is 0 Å². The van der Waals surface area contributed by atoms with Crippen LogP contribution in [-0.4, -0.2) is 0 Å². The number of hydrogen-bond acceptors (Lipinski definition) is 2. The molecule has 0 unspecified atom stereocenters. The maximum Gasteiger partial charge on any atom is 0.0669 e. The van der Waals surface area contributed by atoms with Crippen molar-refractivity contribution in [2.75, 3.05) is 0 Å². The predicted molar refractivity (Wildman–Crippen MR) is 80.4 cm³/mol. The van der Waals surface area contributed by atoms with Gasteiger partial charge >= 0.3 is 0 Å². The van der Waals surface area contributed by atoms with Gasteiger partial charge in [0.1, 0.15) is 0 Å². The van der Waals surface area contributed by atoms with Crippen LogP contribution in [0, 0.1) is 11.3 Å². The van der Waals surface area contributed by atoms with Gasteiger partial charge in [-0.15, -0.1) is 0 Å². The van der Waals surface area contributed by atoms with E-state index in [2.05, 4.69) is 45.5 Å². The Balaban J connectivity index is 1.94. The topological polar surface area (TPSA) is 35.8 Å². The zero-order valence-corrected chi connectivity index (χ0v) is 12.2. The first-order chi connectivity index (χ1) is 9.29. The first-order valence-corrected chi connectivity index (χ1v) is 6.98. The SMILES string of the molecule is N#CCc1ccccc1CNCc1cccc(Br)c1. The van der Waals surface area contributed by atoms with Crippen molar-refractivity contribution >= 4 is 15.9 Å². The van der Waals surface area contributed by atoms with E-state index >= 15 is 0 Å². The van der Waals surface area contributed by atoms with Gasteiger partial charge in [0.2, 0.25) is 0 Å². The molecule has 0 amide bonds. The molecule has 0 heterocycles. The molecular formula is C16H15BrN2. The number of nitrogens with zero attached hydrogens (tertiary/aromatic N) is 1. The molecule has 2 rings (SSSR count). The molecule has 0 saturated heterocycles. The van der Waals surface area contributed by atoms with Gasteiger partial charge in [0.15, 0.2) is 0 Å². The molecule has 1 N–H and O–H groups in total. The minimum absolute atomic E-state index is 0.467. The van der Waals surface area contributed by atoms with Crippen molar-refractivity contribution in [3.05, 3.63) is 69.7 Å². The Bertz CT molecular complexity index is 587. The summed E-state index contributed by atoms with van der Waals surface area (Å²) in [5.74, 6) is 0. The third-order valence-electron chi connectivity index (χ3n) is 2.92. The molecule has 3 heteroatoms. The number of nitrogens with one attached hydrogen (secondary N) is 1. The Morgan fingerprint density at radius 2 is 1.79 bits per heavy atom. The molecule has 0 aliphatic rings. The lowest BCUT2D eigenvalue weighted by Crippen LogP contribution is -2.13. The molecule has 2 nitrogen and oxygen atoms in total. The minimum Gasteiger partial charge on any atom is -0.309 e. The highest BCUT2D eigenvalue weighted by Crippen LogP contribution is 2.12. The van der Waals surface area contributed by atoms with Crippen molar-refractivity contribution in [2.24, 2.45) is 0 Å². The molecule has 0 aliphatic heterocycles. The molecular weight excluding hydrogens is 300 g/mol. The van der Waals surface area contributed by atoms with Gasteiger partial charge < -0.3 is 5.32 Å². The van der Waals surface area contributed by atoms with Crippen molar-refractivity contribution in [2.45, 2.75) is 19.5 Å². The predicted octanol–water partition coefficient (Wildman–Crippen LogP) is 3.80. The zero-order valence-electron chi connectivity index (χ0n) is 10.6. The highest BCUT2D eigenvalue weighted by atomic mass is 79.9. The third-order valence-corrected chi connectivity index (χ3v) is 3.41. The van der Waals surface area contributed by atoms with E-state index in [0.29, 0.717) is 6.42 Å². The molecule has 2 aromatic rings. The summed E-state index contributed by atoms with van der Waals surface area (Å²) in [7, 11) is 0. The van der Waals surface area contributed by atoms with Crippen LogP contribution in [0.15, 0.2) is 53.0 Å². The molecule has 96 valence electrons. The maximum atomic E-state index is 8.80. The number of halogens is 1. The second-order valence-corrected chi connectivity index (χ2v) is 5.25. The molecule has 0 aliphatic carbocycles. The van der Waals surface area contributed by atoms with Gasteiger partial charge in [0.05, 0.1) is 12.5 Å². The monoisotopic (exact) mass is 314 g/mol. The second kappa shape index (κ2) is 7.08. The van der Waals surface area contributed by atoms with Gasteiger partial charge in [-0.25, -0.2) is 0 Å².